The van der Waals surface area contributed by atoms with Crippen LogP contribution in [0.5, 0.6) is 0 Å². The molecule has 2 fully saturated rings. The summed E-state index contributed by atoms with van der Waals surface area (Å²) < 4.78 is 26.1. The summed E-state index contributed by atoms with van der Waals surface area (Å²) in [4.78, 5) is 23.5. The van der Waals surface area contributed by atoms with Crippen molar-refractivity contribution in [1.82, 2.24) is 5.32 Å². The fourth-order valence-electron chi connectivity index (χ4n) is 2.36. The Morgan fingerprint density at radius 1 is 1.05 bits per heavy atom. The summed E-state index contributed by atoms with van der Waals surface area (Å²) in [6.45, 7) is -0.475. The molecule has 22 heavy (non-hydrogen) atoms. The molecule has 1 saturated heterocycles. The predicted octanol–water partition coefficient (Wildman–Crippen LogP) is 1.97. The lowest BCUT2D eigenvalue weighted by Crippen LogP contribution is -2.35. The van der Waals surface area contributed by atoms with Crippen LogP contribution in [0, 0.1) is 5.92 Å². The van der Waals surface area contributed by atoms with Crippen LogP contribution in [-0.2, 0) is 9.59 Å². The minimum atomic E-state index is -2.83. The van der Waals surface area contributed by atoms with E-state index in [1.165, 1.54) is 0 Å². The van der Waals surface area contributed by atoms with E-state index in [1.807, 2.05) is 0 Å². The third-order valence-electron chi connectivity index (χ3n) is 3.79. The number of alkyl halides is 2. The standard InChI is InChI=1S/C15H17F2N3O2/c16-15(17)7-12(18-8-15)14(22)20-11-5-3-10(4-6-11)19-13(21)9-1-2-9/h3-6,9,12,18H,1-2,7-8H2,(H,19,21)(H,20,22). The molecule has 1 aliphatic heterocycles. The fourth-order valence-corrected chi connectivity index (χ4v) is 2.36. The summed E-state index contributed by atoms with van der Waals surface area (Å²) >= 11 is 0. The van der Waals surface area contributed by atoms with E-state index in [0.29, 0.717) is 11.4 Å². The number of hydrogen-bond acceptors (Lipinski definition) is 3. The Morgan fingerprint density at radius 3 is 2.05 bits per heavy atom. The SMILES string of the molecule is O=C(Nc1ccc(NC(=O)C2CC(F)(F)CN2)cc1)C1CC1. The lowest BCUT2D eigenvalue weighted by Gasteiger charge is -2.12. The molecule has 1 aromatic carbocycles. The van der Waals surface area contributed by atoms with Gasteiger partial charge in [-0.25, -0.2) is 8.78 Å². The Balaban J connectivity index is 1.54. The third-order valence-corrected chi connectivity index (χ3v) is 3.79. The topological polar surface area (TPSA) is 70.2 Å². The minimum absolute atomic E-state index is 0.00849. The smallest absolute Gasteiger partial charge is 0.262 e. The molecule has 1 heterocycles. The molecule has 1 unspecified atom stereocenters. The summed E-state index contributed by atoms with van der Waals surface area (Å²) in [5.41, 5.74) is 1.16. The van der Waals surface area contributed by atoms with Crippen LogP contribution in [0.4, 0.5) is 20.2 Å². The molecule has 1 aromatic rings. The van der Waals surface area contributed by atoms with Gasteiger partial charge in [0.05, 0.1) is 12.6 Å². The molecule has 0 bridgehead atoms. The Hall–Kier alpha value is -2.02. The van der Waals surface area contributed by atoms with Gasteiger partial charge >= 0.3 is 0 Å². The van der Waals surface area contributed by atoms with Crippen molar-refractivity contribution >= 4 is 23.2 Å². The molecular formula is C15H17F2N3O2. The van der Waals surface area contributed by atoms with E-state index in [4.69, 9.17) is 0 Å². The van der Waals surface area contributed by atoms with Crippen molar-refractivity contribution < 1.29 is 18.4 Å². The zero-order valence-electron chi connectivity index (χ0n) is 11.9. The number of carbonyl (C=O) groups excluding carboxylic acids is 2. The zero-order valence-corrected chi connectivity index (χ0v) is 11.9. The number of nitrogens with one attached hydrogen (secondary N) is 3. The van der Waals surface area contributed by atoms with Gasteiger partial charge in [-0.1, -0.05) is 0 Å². The predicted molar refractivity (Wildman–Crippen MR) is 77.8 cm³/mol. The van der Waals surface area contributed by atoms with Gasteiger partial charge in [0.15, 0.2) is 0 Å². The summed E-state index contributed by atoms with van der Waals surface area (Å²) in [5.74, 6) is -3.19. The van der Waals surface area contributed by atoms with Crippen LogP contribution in [-0.4, -0.2) is 30.3 Å². The van der Waals surface area contributed by atoms with Gasteiger partial charge in [-0.15, -0.1) is 0 Å². The molecule has 1 atom stereocenters. The van der Waals surface area contributed by atoms with Crippen LogP contribution in [0.1, 0.15) is 19.3 Å². The molecule has 118 valence electrons. The second kappa shape index (κ2) is 5.64. The van der Waals surface area contributed by atoms with Crippen LogP contribution >= 0.6 is 0 Å². The molecule has 1 aliphatic carbocycles. The van der Waals surface area contributed by atoms with Crippen LogP contribution in [0.2, 0.25) is 0 Å². The van der Waals surface area contributed by atoms with Gasteiger partial charge in [-0.3, -0.25) is 14.9 Å². The molecule has 2 aliphatic rings. The molecule has 2 amide bonds. The van der Waals surface area contributed by atoms with E-state index in [2.05, 4.69) is 16.0 Å². The van der Waals surface area contributed by atoms with Gasteiger partial charge < -0.3 is 10.6 Å². The highest BCUT2D eigenvalue weighted by Crippen LogP contribution is 2.30. The average molecular weight is 309 g/mol. The van der Waals surface area contributed by atoms with E-state index in [0.717, 1.165) is 12.8 Å². The lowest BCUT2D eigenvalue weighted by molar-refractivity contribution is -0.118. The maximum Gasteiger partial charge on any atom is 0.262 e. The molecule has 3 rings (SSSR count). The average Bonchev–Trinajstić information content (AvgIpc) is 3.25. The van der Waals surface area contributed by atoms with Crippen molar-refractivity contribution in [3.63, 3.8) is 0 Å². The minimum Gasteiger partial charge on any atom is -0.326 e. The maximum absolute atomic E-state index is 13.1. The highest BCUT2D eigenvalue weighted by Gasteiger charge is 2.42. The molecule has 0 spiro atoms. The number of hydrogen-bond donors (Lipinski definition) is 3. The van der Waals surface area contributed by atoms with Crippen LogP contribution < -0.4 is 16.0 Å². The van der Waals surface area contributed by atoms with E-state index >= 15 is 0 Å². The first-order chi connectivity index (χ1) is 10.4. The maximum atomic E-state index is 13.1. The van der Waals surface area contributed by atoms with Gasteiger partial charge in [0, 0.05) is 23.7 Å². The van der Waals surface area contributed by atoms with Gasteiger partial charge in [-0.2, -0.15) is 0 Å². The largest absolute Gasteiger partial charge is 0.326 e. The van der Waals surface area contributed by atoms with Gasteiger partial charge in [0.1, 0.15) is 0 Å². The molecule has 3 N–H and O–H groups in total. The van der Waals surface area contributed by atoms with Crippen LogP contribution in [0.25, 0.3) is 0 Å². The Kier molecular flexibility index (Phi) is 3.82. The second-order valence-electron chi connectivity index (χ2n) is 5.82. The summed E-state index contributed by atoms with van der Waals surface area (Å²) in [6, 6.07) is 5.73. The van der Waals surface area contributed by atoms with Crippen molar-refractivity contribution in [2.45, 2.75) is 31.2 Å². The number of amides is 2. The summed E-state index contributed by atoms with van der Waals surface area (Å²) in [6.07, 6.45) is 1.37. The Morgan fingerprint density at radius 2 is 1.59 bits per heavy atom. The Labute approximate surface area is 126 Å². The number of halogens is 2. The summed E-state index contributed by atoms with van der Waals surface area (Å²) in [5, 5.41) is 7.88. The van der Waals surface area contributed by atoms with Gasteiger partial charge in [0.25, 0.3) is 5.92 Å². The first kappa shape index (κ1) is 14.9. The molecule has 5 nitrogen and oxygen atoms in total. The number of rotatable bonds is 4. The first-order valence-corrected chi connectivity index (χ1v) is 7.26. The number of carbonyl (C=O) groups is 2. The van der Waals surface area contributed by atoms with E-state index in [1.54, 1.807) is 24.3 Å². The fraction of sp³-hybridized carbons (Fsp3) is 0.467. The molecule has 0 aromatic heterocycles. The third kappa shape index (κ3) is 3.59. The van der Waals surface area contributed by atoms with Crippen molar-refractivity contribution in [1.29, 1.82) is 0 Å². The summed E-state index contributed by atoms with van der Waals surface area (Å²) in [7, 11) is 0. The first-order valence-electron chi connectivity index (χ1n) is 7.26. The molecule has 7 heteroatoms. The lowest BCUT2D eigenvalue weighted by atomic mass is 10.1. The Bertz CT molecular complexity index is 585. The molecular weight excluding hydrogens is 292 g/mol. The quantitative estimate of drug-likeness (QED) is 0.796. The van der Waals surface area contributed by atoms with Crippen molar-refractivity contribution in [2.75, 3.05) is 17.2 Å². The number of benzene rings is 1. The van der Waals surface area contributed by atoms with Crippen molar-refractivity contribution in [2.24, 2.45) is 5.92 Å². The zero-order chi connectivity index (χ0) is 15.7. The van der Waals surface area contributed by atoms with E-state index in [9.17, 15) is 18.4 Å². The van der Waals surface area contributed by atoms with Crippen LogP contribution in [0.15, 0.2) is 24.3 Å². The monoisotopic (exact) mass is 309 g/mol. The molecule has 0 radical (unpaired) electrons. The number of anilines is 2. The normalized spacial score (nSPS) is 23.1. The van der Waals surface area contributed by atoms with Crippen molar-refractivity contribution in [3.05, 3.63) is 24.3 Å². The second-order valence-corrected chi connectivity index (χ2v) is 5.82. The van der Waals surface area contributed by atoms with E-state index in [-0.39, 0.29) is 11.8 Å². The van der Waals surface area contributed by atoms with Gasteiger partial charge in [-0.05, 0) is 37.1 Å². The highest BCUT2D eigenvalue weighted by molar-refractivity contribution is 5.96. The van der Waals surface area contributed by atoms with Crippen LogP contribution in [0.3, 0.4) is 0 Å². The van der Waals surface area contributed by atoms with Crippen molar-refractivity contribution in [3.8, 4) is 0 Å². The molecule has 1 saturated carbocycles. The highest BCUT2D eigenvalue weighted by atomic mass is 19.3. The van der Waals surface area contributed by atoms with Gasteiger partial charge in [0.2, 0.25) is 11.8 Å². The van der Waals surface area contributed by atoms with E-state index < -0.39 is 30.8 Å².